The molecule has 1 amide bonds. The van der Waals surface area contributed by atoms with E-state index in [0.717, 1.165) is 25.1 Å². The zero-order chi connectivity index (χ0) is 20.7. The number of rotatable bonds is 8. The molecule has 1 aromatic carbocycles. The summed E-state index contributed by atoms with van der Waals surface area (Å²) in [4.78, 5) is 11.9. The second-order valence-electron chi connectivity index (χ2n) is 7.72. The average molecular weight is 405 g/mol. The Balaban J connectivity index is 1.86. The van der Waals surface area contributed by atoms with Gasteiger partial charge in [0, 0.05) is 6.54 Å². The van der Waals surface area contributed by atoms with Crippen molar-refractivity contribution >= 4 is 23.7 Å². The molecule has 2 rings (SSSR count). The summed E-state index contributed by atoms with van der Waals surface area (Å²) in [5.41, 5.74) is 5.22. The second kappa shape index (κ2) is 9.73. The van der Waals surface area contributed by atoms with Crippen molar-refractivity contribution in [3.8, 4) is 5.75 Å². The zero-order valence-electron chi connectivity index (χ0n) is 17.3. The van der Waals surface area contributed by atoms with Gasteiger partial charge in [0.05, 0.1) is 17.5 Å². The zero-order valence-corrected chi connectivity index (χ0v) is 18.0. The number of carbonyl (C=O) groups excluding carboxylic acids is 1. The summed E-state index contributed by atoms with van der Waals surface area (Å²) in [7, 11) is 0. The van der Waals surface area contributed by atoms with Gasteiger partial charge in [0.2, 0.25) is 0 Å². The fourth-order valence-electron chi connectivity index (χ4n) is 2.57. The molecule has 0 aliphatic rings. The van der Waals surface area contributed by atoms with E-state index in [2.05, 4.69) is 43.3 Å². The fourth-order valence-corrected chi connectivity index (χ4v) is 2.88. The molecule has 0 saturated heterocycles. The van der Waals surface area contributed by atoms with Crippen molar-refractivity contribution in [3.05, 3.63) is 46.2 Å². The van der Waals surface area contributed by atoms with Crippen LogP contribution in [0.15, 0.2) is 29.4 Å². The van der Waals surface area contributed by atoms with Crippen LogP contribution in [0.5, 0.6) is 5.75 Å². The Morgan fingerprint density at radius 2 is 2.00 bits per heavy atom. The van der Waals surface area contributed by atoms with Crippen LogP contribution in [0, 0.1) is 6.92 Å². The van der Waals surface area contributed by atoms with E-state index in [1.54, 1.807) is 4.68 Å². The highest BCUT2D eigenvalue weighted by Crippen LogP contribution is 2.24. The molecule has 1 N–H and O–H groups in total. The van der Waals surface area contributed by atoms with Crippen LogP contribution in [0.4, 0.5) is 0 Å². The minimum Gasteiger partial charge on any atom is -0.484 e. The van der Waals surface area contributed by atoms with Crippen molar-refractivity contribution < 1.29 is 9.53 Å². The summed E-state index contributed by atoms with van der Waals surface area (Å²) < 4.78 is 7.26. The van der Waals surface area contributed by atoms with Crippen molar-refractivity contribution in [2.24, 2.45) is 5.10 Å². The molecule has 6 nitrogen and oxygen atoms in total. The molecule has 28 heavy (non-hydrogen) atoms. The maximum atomic E-state index is 11.9. The van der Waals surface area contributed by atoms with E-state index in [1.165, 1.54) is 11.8 Å². The molecule has 7 heteroatoms. The quantitative estimate of drug-likeness (QED) is 0.521. The maximum absolute atomic E-state index is 11.9. The van der Waals surface area contributed by atoms with Crippen LogP contribution in [-0.4, -0.2) is 28.5 Å². The molecular weight excluding hydrogens is 376 g/mol. The standard InChI is InChI=1S/C21H29ClN4O2/c1-6-7-12-26-20(22)18(15(2)25-26)13-23-24-19(27)14-28-17-10-8-16(9-11-17)21(3,4)5/h8-11,13H,6-7,12,14H2,1-5H3,(H,24,27). The third-order valence-electron chi connectivity index (χ3n) is 4.31. The number of hydrogen-bond donors (Lipinski definition) is 1. The van der Waals surface area contributed by atoms with E-state index in [9.17, 15) is 4.79 Å². The van der Waals surface area contributed by atoms with Crippen LogP contribution >= 0.6 is 11.6 Å². The first-order chi connectivity index (χ1) is 13.2. The number of benzene rings is 1. The second-order valence-corrected chi connectivity index (χ2v) is 8.08. The first-order valence-corrected chi connectivity index (χ1v) is 9.88. The number of aromatic nitrogens is 2. The predicted octanol–water partition coefficient (Wildman–Crippen LogP) is 4.47. The number of nitrogens with zero attached hydrogens (tertiary/aromatic N) is 3. The monoisotopic (exact) mass is 404 g/mol. The van der Waals surface area contributed by atoms with Crippen molar-refractivity contribution in [1.82, 2.24) is 15.2 Å². The Morgan fingerprint density at radius 3 is 2.61 bits per heavy atom. The van der Waals surface area contributed by atoms with Crippen LogP contribution < -0.4 is 10.2 Å². The van der Waals surface area contributed by atoms with Crippen LogP contribution in [0.3, 0.4) is 0 Å². The Hall–Kier alpha value is -2.34. The van der Waals surface area contributed by atoms with E-state index in [1.807, 2.05) is 31.2 Å². The van der Waals surface area contributed by atoms with E-state index < -0.39 is 0 Å². The molecule has 0 bridgehead atoms. The van der Waals surface area contributed by atoms with Crippen molar-refractivity contribution in [2.45, 2.75) is 59.4 Å². The number of unbranched alkanes of at least 4 members (excludes halogenated alkanes) is 1. The maximum Gasteiger partial charge on any atom is 0.277 e. The molecule has 0 radical (unpaired) electrons. The van der Waals surface area contributed by atoms with Crippen molar-refractivity contribution in [2.75, 3.05) is 6.61 Å². The van der Waals surface area contributed by atoms with Gasteiger partial charge in [-0.2, -0.15) is 10.2 Å². The molecule has 0 fully saturated rings. The molecule has 0 aliphatic carbocycles. The lowest BCUT2D eigenvalue weighted by atomic mass is 9.87. The largest absolute Gasteiger partial charge is 0.484 e. The van der Waals surface area contributed by atoms with Crippen LogP contribution in [0.1, 0.15) is 57.4 Å². The fraction of sp³-hybridized carbons (Fsp3) is 0.476. The minimum atomic E-state index is -0.344. The molecule has 2 aromatic rings. The molecule has 0 aliphatic heterocycles. The summed E-state index contributed by atoms with van der Waals surface area (Å²) in [6.45, 7) is 11.1. The van der Waals surface area contributed by atoms with Gasteiger partial charge in [-0.15, -0.1) is 0 Å². The molecule has 1 aromatic heterocycles. The predicted molar refractivity (Wildman–Crippen MR) is 113 cm³/mol. The van der Waals surface area contributed by atoms with Gasteiger partial charge in [-0.25, -0.2) is 5.43 Å². The SMILES string of the molecule is CCCCn1nc(C)c(C=NNC(=O)COc2ccc(C(C)(C)C)cc2)c1Cl. The Morgan fingerprint density at radius 1 is 1.32 bits per heavy atom. The van der Waals surface area contributed by atoms with E-state index in [0.29, 0.717) is 16.5 Å². The molecule has 0 unspecified atom stereocenters. The average Bonchev–Trinajstić information content (AvgIpc) is 2.91. The number of nitrogens with one attached hydrogen (secondary N) is 1. The number of amides is 1. The highest BCUT2D eigenvalue weighted by Gasteiger charge is 2.13. The first-order valence-electron chi connectivity index (χ1n) is 9.50. The first kappa shape index (κ1) is 22.0. The number of ether oxygens (including phenoxy) is 1. The van der Waals surface area contributed by atoms with Crippen LogP contribution in [-0.2, 0) is 16.8 Å². The number of halogens is 1. The third-order valence-corrected chi connectivity index (χ3v) is 4.70. The van der Waals surface area contributed by atoms with E-state index >= 15 is 0 Å². The minimum absolute atomic E-state index is 0.0777. The molecular formula is C21H29ClN4O2. The number of hydrazone groups is 1. The molecule has 0 saturated carbocycles. The molecule has 1 heterocycles. The Kier molecular flexibility index (Phi) is 7.63. The Labute approximate surface area is 171 Å². The third kappa shape index (κ3) is 6.09. The lowest BCUT2D eigenvalue weighted by Crippen LogP contribution is -2.24. The van der Waals surface area contributed by atoms with Gasteiger partial charge in [0.25, 0.3) is 5.91 Å². The highest BCUT2D eigenvalue weighted by atomic mass is 35.5. The van der Waals surface area contributed by atoms with Crippen molar-refractivity contribution in [1.29, 1.82) is 0 Å². The smallest absolute Gasteiger partial charge is 0.277 e. The highest BCUT2D eigenvalue weighted by molar-refractivity contribution is 6.32. The lowest BCUT2D eigenvalue weighted by Gasteiger charge is -2.19. The van der Waals surface area contributed by atoms with Gasteiger partial charge < -0.3 is 4.74 Å². The van der Waals surface area contributed by atoms with E-state index in [-0.39, 0.29) is 17.9 Å². The molecule has 0 atom stereocenters. The topological polar surface area (TPSA) is 68.5 Å². The summed E-state index contributed by atoms with van der Waals surface area (Å²) in [5, 5.41) is 8.90. The number of carbonyl (C=O) groups is 1. The Bertz CT molecular complexity index is 820. The van der Waals surface area contributed by atoms with Gasteiger partial charge in [0.1, 0.15) is 10.9 Å². The summed E-state index contributed by atoms with van der Waals surface area (Å²) in [6, 6.07) is 7.74. The van der Waals surface area contributed by atoms with Gasteiger partial charge in [0.15, 0.2) is 6.61 Å². The lowest BCUT2D eigenvalue weighted by molar-refractivity contribution is -0.123. The molecule has 0 spiro atoms. The molecule has 152 valence electrons. The summed E-state index contributed by atoms with van der Waals surface area (Å²) in [6.07, 6.45) is 3.58. The van der Waals surface area contributed by atoms with E-state index in [4.69, 9.17) is 16.3 Å². The van der Waals surface area contributed by atoms with Gasteiger partial charge >= 0.3 is 0 Å². The van der Waals surface area contributed by atoms with Crippen LogP contribution in [0.2, 0.25) is 5.15 Å². The van der Waals surface area contributed by atoms with Crippen molar-refractivity contribution in [3.63, 3.8) is 0 Å². The van der Waals surface area contributed by atoms with Crippen LogP contribution in [0.25, 0.3) is 0 Å². The van der Waals surface area contributed by atoms with Gasteiger partial charge in [-0.3, -0.25) is 9.48 Å². The number of aryl methyl sites for hydroxylation is 2. The number of hydrogen-bond acceptors (Lipinski definition) is 4. The van der Waals surface area contributed by atoms with Gasteiger partial charge in [-0.1, -0.05) is 57.8 Å². The normalized spacial score (nSPS) is 11.8. The van der Waals surface area contributed by atoms with Gasteiger partial charge in [-0.05, 0) is 36.5 Å². The summed E-state index contributed by atoms with van der Waals surface area (Å²) in [5.74, 6) is 0.298. The summed E-state index contributed by atoms with van der Waals surface area (Å²) >= 11 is 6.34.